The smallest absolute Gasteiger partial charge is 0.234 e. The molecule has 2 heterocycles. The Labute approximate surface area is 161 Å². The molecule has 1 aromatic rings. The molecule has 6 heteroatoms. The van der Waals surface area contributed by atoms with E-state index in [1.807, 2.05) is 24.3 Å². The predicted molar refractivity (Wildman–Crippen MR) is 107 cm³/mol. The maximum Gasteiger partial charge on any atom is 0.234 e. The molecule has 0 saturated carbocycles. The molecule has 2 amide bonds. The Bertz CT molecular complexity index is 657. The van der Waals surface area contributed by atoms with Gasteiger partial charge < -0.3 is 16.4 Å². The zero-order valence-electron chi connectivity index (χ0n) is 16.2. The summed E-state index contributed by atoms with van der Waals surface area (Å²) < 4.78 is 0. The van der Waals surface area contributed by atoms with Crippen LogP contribution < -0.4 is 16.4 Å². The van der Waals surface area contributed by atoms with Crippen LogP contribution >= 0.6 is 0 Å². The van der Waals surface area contributed by atoms with Gasteiger partial charge in [-0.2, -0.15) is 0 Å². The number of amides is 2. The van der Waals surface area contributed by atoms with Crippen LogP contribution in [0.4, 0.5) is 5.69 Å². The number of anilines is 1. The van der Waals surface area contributed by atoms with Crippen LogP contribution in [0.2, 0.25) is 0 Å². The molecule has 6 nitrogen and oxygen atoms in total. The highest BCUT2D eigenvalue weighted by molar-refractivity contribution is 5.90. The number of nitrogens with one attached hydrogen (secondary N) is 2. The van der Waals surface area contributed by atoms with Gasteiger partial charge in [0, 0.05) is 18.7 Å². The van der Waals surface area contributed by atoms with Gasteiger partial charge >= 0.3 is 0 Å². The van der Waals surface area contributed by atoms with E-state index in [-0.39, 0.29) is 17.9 Å². The lowest BCUT2D eigenvalue weighted by molar-refractivity contribution is -0.122. The normalized spacial score (nSPS) is 24.5. The van der Waals surface area contributed by atoms with Gasteiger partial charge in [0.2, 0.25) is 11.8 Å². The fourth-order valence-electron chi connectivity index (χ4n) is 4.36. The van der Waals surface area contributed by atoms with E-state index in [1.54, 1.807) is 0 Å². The number of hydrogen-bond acceptors (Lipinski definition) is 4. The van der Waals surface area contributed by atoms with Crippen molar-refractivity contribution in [2.24, 2.45) is 17.6 Å². The van der Waals surface area contributed by atoms with Crippen molar-refractivity contribution in [1.82, 2.24) is 10.2 Å². The molecule has 0 bridgehead atoms. The molecule has 3 atom stereocenters. The van der Waals surface area contributed by atoms with Crippen molar-refractivity contribution in [3.05, 3.63) is 29.8 Å². The molecule has 0 radical (unpaired) electrons. The number of nitrogens with two attached hydrogens (primary N) is 1. The van der Waals surface area contributed by atoms with E-state index < -0.39 is 0 Å². The summed E-state index contributed by atoms with van der Waals surface area (Å²) in [4.78, 5) is 26.2. The first-order chi connectivity index (χ1) is 13.0. The van der Waals surface area contributed by atoms with E-state index in [1.165, 1.54) is 12.8 Å². The minimum atomic E-state index is -0.247. The van der Waals surface area contributed by atoms with Gasteiger partial charge in [-0.3, -0.25) is 14.5 Å². The van der Waals surface area contributed by atoms with Crippen molar-refractivity contribution in [3.63, 3.8) is 0 Å². The Kier molecular flexibility index (Phi) is 6.85. The van der Waals surface area contributed by atoms with Gasteiger partial charge in [-0.15, -0.1) is 0 Å². The third kappa shape index (κ3) is 5.53. The van der Waals surface area contributed by atoms with E-state index in [0.29, 0.717) is 24.8 Å². The van der Waals surface area contributed by atoms with Gasteiger partial charge in [-0.1, -0.05) is 19.1 Å². The molecule has 148 valence electrons. The molecule has 2 aliphatic heterocycles. The molecule has 4 N–H and O–H groups in total. The average Bonchev–Trinajstić information content (AvgIpc) is 3.11. The van der Waals surface area contributed by atoms with Crippen LogP contribution in [0.5, 0.6) is 0 Å². The van der Waals surface area contributed by atoms with Crippen molar-refractivity contribution in [2.45, 2.75) is 51.6 Å². The lowest BCUT2D eigenvalue weighted by Crippen LogP contribution is -2.39. The van der Waals surface area contributed by atoms with E-state index in [0.717, 1.165) is 43.7 Å². The monoisotopic (exact) mass is 372 g/mol. The van der Waals surface area contributed by atoms with Gasteiger partial charge in [-0.25, -0.2) is 0 Å². The summed E-state index contributed by atoms with van der Waals surface area (Å²) >= 11 is 0. The lowest BCUT2D eigenvalue weighted by atomic mass is 9.85. The highest BCUT2D eigenvalue weighted by Crippen LogP contribution is 2.24. The van der Waals surface area contributed by atoms with Crippen molar-refractivity contribution in [1.29, 1.82) is 0 Å². The van der Waals surface area contributed by atoms with Crippen LogP contribution in [-0.4, -0.2) is 42.4 Å². The van der Waals surface area contributed by atoms with E-state index in [9.17, 15) is 9.59 Å². The highest BCUT2D eigenvalue weighted by Gasteiger charge is 2.28. The largest absolute Gasteiger partial charge is 0.368 e. The first-order valence-corrected chi connectivity index (χ1v) is 10.2. The first kappa shape index (κ1) is 19.8. The molecule has 2 aliphatic rings. The number of carbonyl (C=O) groups is 2. The topological polar surface area (TPSA) is 87.5 Å². The number of benzene rings is 1. The minimum Gasteiger partial charge on any atom is -0.368 e. The molecule has 2 fully saturated rings. The maximum atomic E-state index is 12.5. The van der Waals surface area contributed by atoms with Crippen molar-refractivity contribution in [3.8, 4) is 0 Å². The van der Waals surface area contributed by atoms with Gasteiger partial charge in [0.1, 0.15) is 0 Å². The average molecular weight is 373 g/mol. The van der Waals surface area contributed by atoms with Crippen LogP contribution in [-0.2, 0) is 16.1 Å². The molecular weight excluding hydrogens is 340 g/mol. The molecule has 0 aliphatic carbocycles. The molecule has 3 rings (SSSR count). The summed E-state index contributed by atoms with van der Waals surface area (Å²) in [5.41, 5.74) is 7.41. The highest BCUT2D eigenvalue weighted by atomic mass is 16.2. The SMILES string of the molecule is CC(CC(=O)Nc1cccc(CN2CCCC2C(N)=O)c1)C1CCCNC1. The van der Waals surface area contributed by atoms with Gasteiger partial charge in [0.25, 0.3) is 0 Å². The Morgan fingerprint density at radius 3 is 2.93 bits per heavy atom. The van der Waals surface area contributed by atoms with Gasteiger partial charge in [0.05, 0.1) is 6.04 Å². The zero-order valence-corrected chi connectivity index (χ0v) is 16.2. The molecule has 27 heavy (non-hydrogen) atoms. The molecule has 0 aromatic heterocycles. The van der Waals surface area contributed by atoms with E-state index >= 15 is 0 Å². The third-order valence-electron chi connectivity index (χ3n) is 5.94. The summed E-state index contributed by atoms with van der Waals surface area (Å²) in [6, 6.07) is 7.73. The number of rotatable bonds is 7. The Morgan fingerprint density at radius 2 is 2.19 bits per heavy atom. The molecule has 2 saturated heterocycles. The quantitative estimate of drug-likeness (QED) is 0.684. The number of primary amides is 1. The first-order valence-electron chi connectivity index (χ1n) is 10.2. The Hall–Kier alpha value is -1.92. The summed E-state index contributed by atoms with van der Waals surface area (Å²) in [6.45, 7) is 5.85. The fraction of sp³-hybridized carbons (Fsp3) is 0.619. The van der Waals surface area contributed by atoms with Crippen molar-refractivity contribution < 1.29 is 9.59 Å². The van der Waals surface area contributed by atoms with Crippen LogP contribution in [0.15, 0.2) is 24.3 Å². The molecular formula is C21H32N4O2. The Balaban J connectivity index is 1.53. The standard InChI is InChI=1S/C21H32N4O2/c1-15(17-6-3-9-23-13-17)11-20(26)24-18-7-2-5-16(12-18)14-25-10-4-8-19(25)21(22)27/h2,5,7,12,15,17,19,23H,3-4,6,8-11,13-14H2,1H3,(H2,22,27)(H,24,26). The van der Waals surface area contributed by atoms with Crippen LogP contribution in [0.3, 0.4) is 0 Å². The maximum absolute atomic E-state index is 12.5. The number of carbonyl (C=O) groups excluding carboxylic acids is 2. The van der Waals surface area contributed by atoms with Crippen molar-refractivity contribution >= 4 is 17.5 Å². The van der Waals surface area contributed by atoms with E-state index in [2.05, 4.69) is 22.5 Å². The second-order valence-electron chi connectivity index (χ2n) is 8.07. The summed E-state index contributed by atoms with van der Waals surface area (Å²) in [5.74, 6) is 0.781. The van der Waals surface area contributed by atoms with Gasteiger partial charge in [-0.05, 0) is 74.8 Å². The summed E-state index contributed by atoms with van der Waals surface area (Å²) in [6.07, 6.45) is 4.78. The zero-order chi connectivity index (χ0) is 19.2. The van der Waals surface area contributed by atoms with E-state index in [4.69, 9.17) is 5.73 Å². The van der Waals surface area contributed by atoms with Crippen LogP contribution in [0.1, 0.15) is 44.6 Å². The lowest BCUT2D eigenvalue weighted by Gasteiger charge is -2.28. The van der Waals surface area contributed by atoms with Gasteiger partial charge in [0.15, 0.2) is 0 Å². The minimum absolute atomic E-state index is 0.0707. The summed E-state index contributed by atoms with van der Waals surface area (Å²) in [7, 11) is 0. The molecule has 1 aromatic carbocycles. The second kappa shape index (κ2) is 9.33. The fourth-order valence-corrected chi connectivity index (χ4v) is 4.36. The number of hydrogen-bond donors (Lipinski definition) is 3. The molecule has 3 unspecified atom stereocenters. The second-order valence-corrected chi connectivity index (χ2v) is 8.07. The predicted octanol–water partition coefficient (Wildman–Crippen LogP) is 2.10. The third-order valence-corrected chi connectivity index (χ3v) is 5.94. The van der Waals surface area contributed by atoms with Crippen LogP contribution in [0, 0.1) is 11.8 Å². The molecule has 0 spiro atoms. The summed E-state index contributed by atoms with van der Waals surface area (Å²) in [5, 5.41) is 6.46. The number of nitrogens with zero attached hydrogens (tertiary/aromatic N) is 1. The number of piperidine rings is 1. The van der Waals surface area contributed by atoms with Crippen LogP contribution in [0.25, 0.3) is 0 Å². The van der Waals surface area contributed by atoms with Crippen molar-refractivity contribution in [2.75, 3.05) is 25.0 Å². The number of likely N-dealkylation sites (tertiary alicyclic amines) is 1. The Morgan fingerprint density at radius 1 is 1.33 bits per heavy atom.